The molecule has 0 spiro atoms. The van der Waals surface area contributed by atoms with Crippen molar-refractivity contribution in [2.24, 2.45) is 5.92 Å². The molecule has 4 rings (SSSR count). The number of rotatable bonds is 9. The van der Waals surface area contributed by atoms with Gasteiger partial charge in [-0.1, -0.05) is 69.5 Å². The highest BCUT2D eigenvalue weighted by molar-refractivity contribution is 5.85. The van der Waals surface area contributed by atoms with E-state index in [2.05, 4.69) is 79.8 Å². The van der Waals surface area contributed by atoms with Gasteiger partial charge in [0.1, 0.15) is 5.75 Å². The number of ether oxygens (including phenoxy) is 1. The Morgan fingerprint density at radius 1 is 1.10 bits per heavy atom. The zero-order chi connectivity index (χ0) is 21.7. The lowest BCUT2D eigenvalue weighted by Crippen LogP contribution is -2.40. The Kier molecular flexibility index (Phi) is 6.85. The smallest absolute Gasteiger partial charge is 0.119 e. The molecule has 0 bridgehead atoms. The van der Waals surface area contributed by atoms with Crippen molar-refractivity contribution in [1.29, 1.82) is 0 Å². The third kappa shape index (κ3) is 4.31. The molecule has 2 aromatic rings. The van der Waals surface area contributed by atoms with Crippen LogP contribution in [0.4, 0.5) is 5.69 Å². The topological polar surface area (TPSA) is 21.3 Å². The number of para-hydroxylation sites is 1. The highest BCUT2D eigenvalue weighted by Gasteiger charge is 2.52. The number of anilines is 1. The van der Waals surface area contributed by atoms with Crippen LogP contribution in [-0.2, 0) is 0 Å². The first-order valence-corrected chi connectivity index (χ1v) is 12.1. The van der Waals surface area contributed by atoms with Gasteiger partial charge in [0, 0.05) is 5.69 Å². The molecule has 2 atom stereocenters. The number of benzene rings is 2. The van der Waals surface area contributed by atoms with E-state index in [1.807, 2.05) is 0 Å². The second kappa shape index (κ2) is 9.77. The Hall–Kier alpha value is -2.48. The van der Waals surface area contributed by atoms with Gasteiger partial charge >= 0.3 is 0 Å². The molecule has 2 aromatic carbocycles. The summed E-state index contributed by atoms with van der Waals surface area (Å²) in [5, 5.41) is 4.06. The van der Waals surface area contributed by atoms with Crippen LogP contribution < -0.4 is 10.1 Å². The number of allylic oxidation sites excluding steroid dienone is 3. The van der Waals surface area contributed by atoms with Gasteiger partial charge in [0.2, 0.25) is 0 Å². The fourth-order valence-corrected chi connectivity index (χ4v) is 5.77. The largest absolute Gasteiger partial charge is 0.497 e. The van der Waals surface area contributed by atoms with E-state index in [-0.39, 0.29) is 5.54 Å². The van der Waals surface area contributed by atoms with E-state index in [9.17, 15) is 0 Å². The van der Waals surface area contributed by atoms with Gasteiger partial charge < -0.3 is 10.1 Å². The highest BCUT2D eigenvalue weighted by atomic mass is 16.5. The molecular formula is C29H37NO. The van der Waals surface area contributed by atoms with E-state index in [0.717, 1.165) is 18.6 Å². The van der Waals surface area contributed by atoms with E-state index in [1.54, 1.807) is 18.3 Å². The fraction of sp³-hybridized carbons (Fsp3) is 0.448. The summed E-state index contributed by atoms with van der Waals surface area (Å²) in [6.07, 6.45) is 12.2. The van der Waals surface area contributed by atoms with Crippen molar-refractivity contribution in [2.75, 3.05) is 12.4 Å². The zero-order valence-electron chi connectivity index (χ0n) is 19.4. The van der Waals surface area contributed by atoms with Gasteiger partial charge in [-0.25, -0.2) is 0 Å². The summed E-state index contributed by atoms with van der Waals surface area (Å²) in [5.41, 5.74) is 7.24. The zero-order valence-corrected chi connectivity index (χ0v) is 19.4. The van der Waals surface area contributed by atoms with Crippen LogP contribution in [0, 0.1) is 5.92 Å². The molecule has 0 heterocycles. The van der Waals surface area contributed by atoms with Crippen molar-refractivity contribution in [1.82, 2.24) is 0 Å². The molecule has 0 amide bonds. The summed E-state index contributed by atoms with van der Waals surface area (Å²) in [6, 6.07) is 19.5. The Morgan fingerprint density at radius 3 is 2.68 bits per heavy atom. The molecule has 164 valence electrons. The molecule has 0 aromatic heterocycles. The first-order valence-electron chi connectivity index (χ1n) is 12.1. The highest BCUT2D eigenvalue weighted by Crippen LogP contribution is 2.57. The number of hydrogen-bond donors (Lipinski definition) is 1. The van der Waals surface area contributed by atoms with E-state index in [4.69, 9.17) is 4.74 Å². The van der Waals surface area contributed by atoms with Crippen LogP contribution in [0.3, 0.4) is 0 Å². The van der Waals surface area contributed by atoms with Crippen molar-refractivity contribution >= 4 is 11.3 Å². The van der Waals surface area contributed by atoms with Crippen molar-refractivity contribution in [2.45, 2.75) is 70.8 Å². The first kappa shape index (κ1) is 21.7. The maximum Gasteiger partial charge on any atom is 0.119 e. The number of fused-ring (bicyclic) bond motifs is 1. The molecule has 0 saturated heterocycles. The molecule has 1 saturated carbocycles. The summed E-state index contributed by atoms with van der Waals surface area (Å²) in [4.78, 5) is 0. The van der Waals surface area contributed by atoms with Crippen LogP contribution in [0.2, 0.25) is 0 Å². The summed E-state index contributed by atoms with van der Waals surface area (Å²) in [5.74, 6) is 1.58. The van der Waals surface area contributed by atoms with Crippen LogP contribution in [-0.4, -0.2) is 12.6 Å². The summed E-state index contributed by atoms with van der Waals surface area (Å²) < 4.78 is 5.63. The van der Waals surface area contributed by atoms with Crippen LogP contribution in [0.25, 0.3) is 5.57 Å². The molecule has 0 aliphatic heterocycles. The van der Waals surface area contributed by atoms with Crippen LogP contribution in [0.5, 0.6) is 5.75 Å². The Labute approximate surface area is 188 Å². The molecule has 2 unspecified atom stereocenters. The summed E-state index contributed by atoms with van der Waals surface area (Å²) in [6.45, 7) is 4.58. The Morgan fingerprint density at radius 2 is 1.94 bits per heavy atom. The maximum absolute atomic E-state index is 5.63. The molecule has 1 fully saturated rings. The van der Waals surface area contributed by atoms with E-state index in [0.29, 0.717) is 5.92 Å². The number of hydrogen-bond acceptors (Lipinski definition) is 2. The van der Waals surface area contributed by atoms with Gasteiger partial charge in [-0.2, -0.15) is 0 Å². The average Bonchev–Trinajstić information content (AvgIpc) is 3.32. The normalized spacial score (nSPS) is 23.2. The predicted octanol–water partition coefficient (Wildman–Crippen LogP) is 8.03. The molecule has 1 N–H and O–H groups in total. The van der Waals surface area contributed by atoms with Crippen molar-refractivity contribution < 1.29 is 4.74 Å². The molecular weight excluding hydrogens is 378 g/mol. The molecule has 2 aliphatic rings. The van der Waals surface area contributed by atoms with Crippen molar-refractivity contribution in [3.05, 3.63) is 77.4 Å². The number of nitrogens with one attached hydrogen (secondary N) is 1. The predicted molar refractivity (Wildman–Crippen MR) is 133 cm³/mol. The first-order chi connectivity index (χ1) is 15.2. The van der Waals surface area contributed by atoms with Gasteiger partial charge in [-0.05, 0) is 84.6 Å². The lowest BCUT2D eigenvalue weighted by atomic mass is 9.80. The average molecular weight is 416 g/mol. The van der Waals surface area contributed by atoms with Gasteiger partial charge in [0.25, 0.3) is 0 Å². The van der Waals surface area contributed by atoms with Crippen LogP contribution >= 0.6 is 0 Å². The van der Waals surface area contributed by atoms with Crippen molar-refractivity contribution in [3.8, 4) is 5.75 Å². The van der Waals surface area contributed by atoms with Crippen molar-refractivity contribution in [3.63, 3.8) is 0 Å². The molecule has 2 nitrogen and oxygen atoms in total. The minimum Gasteiger partial charge on any atom is -0.497 e. The minimum absolute atomic E-state index is 0.00208. The molecule has 0 radical (unpaired) electrons. The quantitative estimate of drug-likeness (QED) is 0.447. The second-order valence-electron chi connectivity index (χ2n) is 9.11. The lowest BCUT2D eigenvalue weighted by Gasteiger charge is -2.36. The lowest BCUT2D eigenvalue weighted by molar-refractivity contribution is 0.414. The summed E-state index contributed by atoms with van der Waals surface area (Å²) in [7, 11) is 1.77. The van der Waals surface area contributed by atoms with E-state index < -0.39 is 0 Å². The van der Waals surface area contributed by atoms with Gasteiger partial charge in [-0.15, -0.1) is 0 Å². The van der Waals surface area contributed by atoms with Gasteiger partial charge in [0.15, 0.2) is 0 Å². The van der Waals surface area contributed by atoms with Crippen LogP contribution in [0.15, 0.2) is 71.8 Å². The SMILES string of the molecule is CCCC=C(CCC)C1=C(c2cccc(OC)c2)C2(Nc3ccccc3)CCCC2C1. The third-order valence-electron chi connectivity index (χ3n) is 7.11. The standard InChI is InChI=1S/C29H37NO/c1-4-6-13-22(12-5-2)27-21-24-15-11-19-29(24,30-25-16-8-7-9-17-25)28(27)23-14-10-18-26(20-23)31-3/h7-10,13-14,16-18,20,24,30H,4-6,11-12,15,19,21H2,1-3H3. The van der Waals surface area contributed by atoms with E-state index >= 15 is 0 Å². The third-order valence-corrected chi connectivity index (χ3v) is 7.11. The second-order valence-corrected chi connectivity index (χ2v) is 9.11. The van der Waals surface area contributed by atoms with Gasteiger partial charge in [0.05, 0.1) is 12.6 Å². The molecule has 2 aliphatic carbocycles. The Bertz CT molecular complexity index is 942. The monoisotopic (exact) mass is 415 g/mol. The fourth-order valence-electron chi connectivity index (χ4n) is 5.77. The van der Waals surface area contributed by atoms with Crippen LogP contribution in [0.1, 0.15) is 70.8 Å². The van der Waals surface area contributed by atoms with Gasteiger partial charge in [-0.3, -0.25) is 0 Å². The minimum atomic E-state index is 0.00208. The maximum atomic E-state index is 5.63. The number of unbranched alkanes of at least 4 members (excludes halogenated alkanes) is 1. The molecule has 2 heteroatoms. The van der Waals surface area contributed by atoms with E-state index in [1.165, 1.54) is 55.3 Å². The number of methoxy groups -OCH3 is 1. The summed E-state index contributed by atoms with van der Waals surface area (Å²) >= 11 is 0. The molecule has 31 heavy (non-hydrogen) atoms. The Balaban J connectivity index is 1.89.